The van der Waals surface area contributed by atoms with Gasteiger partial charge in [0, 0.05) is 6.54 Å². The average Bonchev–Trinajstić information content (AvgIpc) is 2.79. The zero-order valence-corrected chi connectivity index (χ0v) is 17.5. The van der Waals surface area contributed by atoms with Gasteiger partial charge in [-0.05, 0) is 38.4 Å². The van der Waals surface area contributed by atoms with Crippen LogP contribution in [0.3, 0.4) is 0 Å². The van der Waals surface area contributed by atoms with Crippen LogP contribution in [-0.2, 0) is 0 Å². The van der Waals surface area contributed by atoms with Crippen LogP contribution < -0.4 is 16.2 Å². The highest BCUT2D eigenvalue weighted by atomic mass is 35.5. The van der Waals surface area contributed by atoms with Gasteiger partial charge < -0.3 is 10.6 Å². The monoisotopic (exact) mass is 437 g/mol. The largest absolute Gasteiger partial charge is 0.359 e. The third kappa shape index (κ3) is 3.85. The molecule has 0 amide bonds. The van der Waals surface area contributed by atoms with Gasteiger partial charge in [0.15, 0.2) is 5.82 Å². The summed E-state index contributed by atoms with van der Waals surface area (Å²) in [6.45, 7) is 3.39. The van der Waals surface area contributed by atoms with Crippen molar-refractivity contribution in [2.45, 2.75) is 31.8 Å². The van der Waals surface area contributed by atoms with E-state index in [0.29, 0.717) is 28.3 Å². The van der Waals surface area contributed by atoms with Crippen LogP contribution in [0.5, 0.6) is 0 Å². The van der Waals surface area contributed by atoms with Gasteiger partial charge >= 0.3 is 0 Å². The first-order valence-corrected chi connectivity index (χ1v) is 10.2. The van der Waals surface area contributed by atoms with Gasteiger partial charge in [-0.2, -0.15) is 5.26 Å². The fraction of sp³-hybridized carbons (Fsp3) is 0.350. The SMILES string of the molecule is C[C@H](Nc1ncnc(N=N)c1C#N)c1nc2cccc(Cl)c2c(=O)n1C1CCCNC1. The quantitative estimate of drug-likeness (QED) is 0.518. The van der Waals surface area contributed by atoms with Crippen LogP contribution in [0.1, 0.15) is 43.2 Å². The molecular formula is C20H20ClN9O. The molecule has 1 aromatic carbocycles. The van der Waals surface area contributed by atoms with Crippen LogP contribution in [0.15, 0.2) is 34.4 Å². The first-order chi connectivity index (χ1) is 15.0. The first-order valence-electron chi connectivity index (χ1n) is 9.85. The standard InChI is InChI=1S/C20H20ClN9O/c1-11(27-17-13(8-22)18(29-23)26-10-25-17)19-28-15-6-2-5-14(21)16(15)20(31)30(19)12-4-3-7-24-9-12/h2,5-6,10-12,23-24H,3-4,7,9H2,1H3,(H,25,26,27)/t11-,12?/m0/s1. The molecule has 0 saturated carbocycles. The Balaban J connectivity index is 1.86. The fourth-order valence-corrected chi connectivity index (χ4v) is 4.13. The highest BCUT2D eigenvalue weighted by molar-refractivity contribution is 6.35. The van der Waals surface area contributed by atoms with Crippen molar-refractivity contribution in [2.24, 2.45) is 5.11 Å². The maximum atomic E-state index is 13.5. The van der Waals surface area contributed by atoms with Crippen molar-refractivity contribution in [1.29, 1.82) is 10.8 Å². The third-order valence-electron chi connectivity index (χ3n) is 5.33. The van der Waals surface area contributed by atoms with E-state index in [9.17, 15) is 10.1 Å². The lowest BCUT2D eigenvalue weighted by Crippen LogP contribution is -2.39. The predicted octanol–water partition coefficient (Wildman–Crippen LogP) is 3.47. The van der Waals surface area contributed by atoms with Crippen molar-refractivity contribution in [2.75, 3.05) is 18.4 Å². The molecule has 1 unspecified atom stereocenters. The molecule has 11 heteroatoms. The normalized spacial score (nSPS) is 17.1. The molecule has 1 fully saturated rings. The minimum atomic E-state index is -0.474. The van der Waals surface area contributed by atoms with Crippen molar-refractivity contribution in [1.82, 2.24) is 24.8 Å². The number of piperidine rings is 1. The van der Waals surface area contributed by atoms with Crippen molar-refractivity contribution in [3.05, 3.63) is 51.3 Å². The molecule has 1 aliphatic heterocycles. The van der Waals surface area contributed by atoms with Crippen LogP contribution in [0.2, 0.25) is 5.02 Å². The van der Waals surface area contributed by atoms with Crippen LogP contribution in [0.4, 0.5) is 11.6 Å². The molecule has 4 rings (SSSR count). The molecule has 3 aromatic rings. The molecule has 0 aliphatic carbocycles. The van der Waals surface area contributed by atoms with Crippen LogP contribution >= 0.6 is 11.6 Å². The average molecular weight is 438 g/mol. The smallest absolute Gasteiger partial charge is 0.263 e. The number of aromatic nitrogens is 4. The van der Waals surface area contributed by atoms with Gasteiger partial charge in [-0.15, -0.1) is 5.11 Å². The zero-order valence-electron chi connectivity index (χ0n) is 16.8. The van der Waals surface area contributed by atoms with Gasteiger partial charge in [0.25, 0.3) is 5.56 Å². The summed E-state index contributed by atoms with van der Waals surface area (Å²) >= 11 is 6.34. The van der Waals surface area contributed by atoms with Crippen molar-refractivity contribution in [3.63, 3.8) is 0 Å². The maximum absolute atomic E-state index is 13.5. The van der Waals surface area contributed by atoms with Gasteiger partial charge in [0.1, 0.15) is 29.6 Å². The molecule has 2 atom stereocenters. The molecule has 2 aromatic heterocycles. The Morgan fingerprint density at radius 3 is 3.00 bits per heavy atom. The van der Waals surface area contributed by atoms with Gasteiger partial charge in [-0.1, -0.05) is 17.7 Å². The summed E-state index contributed by atoms with van der Waals surface area (Å²) < 4.78 is 1.70. The van der Waals surface area contributed by atoms with Gasteiger partial charge in [0.2, 0.25) is 0 Å². The lowest BCUT2D eigenvalue weighted by Gasteiger charge is -2.29. The van der Waals surface area contributed by atoms with Gasteiger partial charge in [-0.25, -0.2) is 20.5 Å². The molecule has 3 heterocycles. The molecule has 3 N–H and O–H groups in total. The van der Waals surface area contributed by atoms with Crippen molar-refractivity contribution in [3.8, 4) is 6.07 Å². The second-order valence-corrected chi connectivity index (χ2v) is 7.70. The van der Waals surface area contributed by atoms with E-state index >= 15 is 0 Å². The van der Waals surface area contributed by atoms with Crippen LogP contribution in [0, 0.1) is 16.9 Å². The summed E-state index contributed by atoms with van der Waals surface area (Å²) in [5.41, 5.74) is 7.58. The first kappa shape index (κ1) is 20.8. The Kier molecular flexibility index (Phi) is 5.88. The summed E-state index contributed by atoms with van der Waals surface area (Å²) in [5, 5.41) is 20.0. The Morgan fingerprint density at radius 2 is 2.29 bits per heavy atom. The number of nitrogens with one attached hydrogen (secondary N) is 3. The number of hydrogen-bond donors (Lipinski definition) is 3. The minimum Gasteiger partial charge on any atom is -0.359 e. The molecule has 31 heavy (non-hydrogen) atoms. The topological polar surface area (TPSA) is 145 Å². The summed E-state index contributed by atoms with van der Waals surface area (Å²) in [4.78, 5) is 26.3. The second kappa shape index (κ2) is 8.75. The van der Waals surface area contributed by atoms with E-state index in [1.165, 1.54) is 6.33 Å². The number of nitriles is 1. The number of halogens is 1. The predicted molar refractivity (Wildman–Crippen MR) is 116 cm³/mol. The molecule has 0 bridgehead atoms. The fourth-order valence-electron chi connectivity index (χ4n) is 3.87. The molecular weight excluding hydrogens is 418 g/mol. The van der Waals surface area contributed by atoms with Crippen LogP contribution in [0.25, 0.3) is 10.9 Å². The highest BCUT2D eigenvalue weighted by Gasteiger charge is 2.26. The maximum Gasteiger partial charge on any atom is 0.263 e. The number of nitrogens with zero attached hydrogens (tertiary/aromatic N) is 6. The van der Waals surface area contributed by atoms with Gasteiger partial charge in [-0.3, -0.25) is 9.36 Å². The Hall–Kier alpha value is -3.42. The Labute approximate surface area is 182 Å². The number of rotatable bonds is 5. The Morgan fingerprint density at radius 1 is 1.45 bits per heavy atom. The Bertz CT molecular complexity index is 1240. The summed E-state index contributed by atoms with van der Waals surface area (Å²) in [6, 6.07) is 6.63. The summed E-state index contributed by atoms with van der Waals surface area (Å²) in [6.07, 6.45) is 3.01. The van der Waals surface area contributed by atoms with Crippen LogP contribution in [-0.4, -0.2) is 32.6 Å². The number of hydrogen-bond acceptors (Lipinski definition) is 9. The van der Waals surface area contributed by atoms with E-state index in [4.69, 9.17) is 22.1 Å². The number of benzene rings is 1. The number of anilines is 1. The molecule has 10 nitrogen and oxygen atoms in total. The molecule has 1 saturated heterocycles. The molecule has 158 valence electrons. The van der Waals surface area contributed by atoms with E-state index in [0.717, 1.165) is 19.4 Å². The second-order valence-electron chi connectivity index (χ2n) is 7.29. The van der Waals surface area contributed by atoms with E-state index in [2.05, 4.69) is 25.7 Å². The van der Waals surface area contributed by atoms with Crippen molar-refractivity contribution < 1.29 is 0 Å². The highest BCUT2D eigenvalue weighted by Crippen LogP contribution is 2.28. The summed E-state index contributed by atoms with van der Waals surface area (Å²) in [5.74, 6) is 0.712. The molecule has 0 spiro atoms. The third-order valence-corrected chi connectivity index (χ3v) is 5.64. The van der Waals surface area contributed by atoms with E-state index in [1.807, 2.05) is 13.0 Å². The number of fused-ring (bicyclic) bond motifs is 1. The van der Waals surface area contributed by atoms with E-state index in [-0.39, 0.29) is 28.8 Å². The molecule has 0 radical (unpaired) electrons. The lowest BCUT2D eigenvalue weighted by atomic mass is 10.1. The van der Waals surface area contributed by atoms with Crippen molar-refractivity contribution >= 4 is 34.1 Å². The summed E-state index contributed by atoms with van der Waals surface area (Å²) in [7, 11) is 0. The lowest BCUT2D eigenvalue weighted by molar-refractivity contribution is 0.351. The molecule has 1 aliphatic rings. The van der Waals surface area contributed by atoms with E-state index < -0.39 is 6.04 Å². The van der Waals surface area contributed by atoms with E-state index in [1.54, 1.807) is 22.8 Å². The zero-order chi connectivity index (χ0) is 22.0. The van der Waals surface area contributed by atoms with Gasteiger partial charge in [0.05, 0.1) is 28.0 Å². The minimum absolute atomic E-state index is 0.0284.